The Kier molecular flexibility index (Phi) is 3.48. The van der Waals surface area contributed by atoms with Crippen molar-refractivity contribution in [1.82, 2.24) is 9.47 Å². The molecule has 1 unspecified atom stereocenters. The second-order valence-corrected chi connectivity index (χ2v) is 7.19. The van der Waals surface area contributed by atoms with Crippen LogP contribution in [0.15, 0.2) is 48.5 Å². The summed E-state index contributed by atoms with van der Waals surface area (Å²) in [6.45, 7) is 1.35. The minimum atomic E-state index is -0.137. The Morgan fingerprint density at radius 2 is 1.93 bits per heavy atom. The monoisotopic (exact) mass is 356 g/mol. The summed E-state index contributed by atoms with van der Waals surface area (Å²) in [6.07, 6.45) is 1.15. The summed E-state index contributed by atoms with van der Waals surface area (Å²) in [6, 6.07) is 18.5. The van der Waals surface area contributed by atoms with Crippen molar-refractivity contribution in [2.45, 2.75) is 25.6 Å². The van der Waals surface area contributed by atoms with E-state index in [9.17, 15) is 4.79 Å². The molecular weight excluding hydrogens is 336 g/mol. The average molecular weight is 356 g/mol. The summed E-state index contributed by atoms with van der Waals surface area (Å²) in [4.78, 5) is 17.4. The lowest BCUT2D eigenvalue weighted by Gasteiger charge is -2.46. The number of rotatable bonds is 2. The van der Waals surface area contributed by atoms with Crippen molar-refractivity contribution in [2.75, 3.05) is 18.5 Å². The first-order valence-electron chi connectivity index (χ1n) is 9.32. The number of nitrogens with zero attached hydrogens (tertiary/aromatic N) is 4. The predicted molar refractivity (Wildman–Crippen MR) is 104 cm³/mol. The van der Waals surface area contributed by atoms with Crippen LogP contribution in [0.4, 0.5) is 5.69 Å². The first kappa shape index (κ1) is 16.0. The molecule has 3 aromatic rings. The van der Waals surface area contributed by atoms with E-state index in [1.54, 1.807) is 0 Å². The lowest BCUT2D eigenvalue weighted by Crippen LogP contribution is -2.51. The Balaban J connectivity index is 1.76. The zero-order valence-electron chi connectivity index (χ0n) is 15.2. The summed E-state index contributed by atoms with van der Waals surface area (Å²) in [5.74, 6) is 0.0939. The maximum atomic E-state index is 13.2. The number of hydrogen-bond donors (Lipinski definition) is 0. The molecule has 5 rings (SSSR count). The van der Waals surface area contributed by atoms with Crippen LogP contribution in [-0.4, -0.2) is 29.0 Å². The maximum Gasteiger partial charge on any atom is 0.257 e. The van der Waals surface area contributed by atoms with Gasteiger partial charge in [-0.3, -0.25) is 4.79 Å². The van der Waals surface area contributed by atoms with Crippen molar-refractivity contribution in [2.24, 2.45) is 0 Å². The lowest BCUT2D eigenvalue weighted by atomic mass is 9.96. The number of fused-ring (bicyclic) bond motifs is 6. The highest BCUT2D eigenvalue weighted by atomic mass is 16.2. The van der Waals surface area contributed by atoms with Crippen LogP contribution in [0.2, 0.25) is 0 Å². The highest BCUT2D eigenvalue weighted by molar-refractivity contribution is 6.02. The second-order valence-electron chi connectivity index (χ2n) is 7.19. The molecule has 0 saturated carbocycles. The number of aryl methyl sites for hydroxylation is 1. The third-order valence-electron chi connectivity index (χ3n) is 5.85. The highest BCUT2D eigenvalue weighted by Crippen LogP contribution is 2.44. The van der Waals surface area contributed by atoms with Gasteiger partial charge in [-0.1, -0.05) is 30.3 Å². The molecule has 0 fully saturated rings. The van der Waals surface area contributed by atoms with E-state index in [-0.39, 0.29) is 12.1 Å². The number of carbonyl (C=O) groups excluding carboxylic acids is 1. The van der Waals surface area contributed by atoms with Crippen LogP contribution < -0.4 is 4.90 Å². The van der Waals surface area contributed by atoms with Gasteiger partial charge in [0.15, 0.2) is 0 Å². The van der Waals surface area contributed by atoms with Gasteiger partial charge in [0.05, 0.1) is 29.4 Å². The fourth-order valence-corrected chi connectivity index (χ4v) is 4.71. The van der Waals surface area contributed by atoms with Gasteiger partial charge in [-0.2, -0.15) is 5.26 Å². The molecule has 3 heterocycles. The fraction of sp³-hybridized carbons (Fsp3) is 0.273. The Hall–Kier alpha value is -3.26. The Morgan fingerprint density at radius 1 is 1.15 bits per heavy atom. The Morgan fingerprint density at radius 3 is 2.78 bits per heavy atom. The van der Waals surface area contributed by atoms with Gasteiger partial charge < -0.3 is 14.4 Å². The van der Waals surface area contributed by atoms with E-state index in [0.717, 1.165) is 28.9 Å². The average Bonchev–Trinajstić information content (AvgIpc) is 3.04. The van der Waals surface area contributed by atoms with Crippen LogP contribution >= 0.6 is 0 Å². The summed E-state index contributed by atoms with van der Waals surface area (Å²) < 4.78 is 2.25. The molecule has 2 aliphatic heterocycles. The summed E-state index contributed by atoms with van der Waals surface area (Å²) in [7, 11) is 2.06. The van der Waals surface area contributed by atoms with Gasteiger partial charge in [0.2, 0.25) is 0 Å². The number of anilines is 1. The van der Waals surface area contributed by atoms with Crippen LogP contribution in [0.3, 0.4) is 0 Å². The minimum absolute atomic E-state index is 0.0939. The van der Waals surface area contributed by atoms with Gasteiger partial charge in [0.1, 0.15) is 6.17 Å². The molecule has 2 aliphatic rings. The van der Waals surface area contributed by atoms with Crippen molar-refractivity contribution in [3.05, 3.63) is 65.4 Å². The third-order valence-corrected chi connectivity index (χ3v) is 5.85. The van der Waals surface area contributed by atoms with Crippen LogP contribution in [0, 0.1) is 11.3 Å². The molecule has 0 spiro atoms. The zero-order chi connectivity index (χ0) is 18.5. The van der Waals surface area contributed by atoms with E-state index in [1.807, 2.05) is 35.2 Å². The molecule has 134 valence electrons. The van der Waals surface area contributed by atoms with Crippen LogP contribution in [0.25, 0.3) is 10.9 Å². The van der Waals surface area contributed by atoms with Gasteiger partial charge in [-0.25, -0.2) is 0 Å². The molecular formula is C22H20N4O. The smallest absolute Gasteiger partial charge is 0.257 e. The number of carbonyl (C=O) groups is 1. The van der Waals surface area contributed by atoms with E-state index in [4.69, 9.17) is 5.26 Å². The van der Waals surface area contributed by atoms with Crippen molar-refractivity contribution < 1.29 is 4.79 Å². The van der Waals surface area contributed by atoms with Crippen molar-refractivity contribution in [3.8, 4) is 6.07 Å². The van der Waals surface area contributed by atoms with Crippen LogP contribution in [0.1, 0.15) is 34.2 Å². The zero-order valence-corrected chi connectivity index (χ0v) is 15.2. The quantitative estimate of drug-likeness (QED) is 0.703. The molecule has 27 heavy (non-hydrogen) atoms. The Bertz CT molecular complexity index is 1110. The van der Waals surface area contributed by atoms with E-state index in [2.05, 4.69) is 40.8 Å². The van der Waals surface area contributed by atoms with E-state index in [0.29, 0.717) is 19.5 Å². The lowest BCUT2D eigenvalue weighted by molar-refractivity contribution is 0.0629. The van der Waals surface area contributed by atoms with Crippen molar-refractivity contribution in [3.63, 3.8) is 0 Å². The van der Waals surface area contributed by atoms with E-state index in [1.165, 1.54) is 10.9 Å². The second kappa shape index (κ2) is 5.88. The van der Waals surface area contributed by atoms with Gasteiger partial charge in [-0.15, -0.1) is 0 Å². The first-order valence-corrected chi connectivity index (χ1v) is 9.32. The minimum Gasteiger partial charge on any atom is -0.349 e. The number of para-hydroxylation sites is 2. The number of benzene rings is 2. The highest BCUT2D eigenvalue weighted by Gasteiger charge is 2.42. The standard InChI is InChI=1S/C22H20N4O/c1-24-18-9-4-3-8-17(18)22(27)26-14-11-16-15-7-2-5-10-19(15)25(13-6-12-23)20(16)21(24)26/h2-5,7-10,21H,6,11,13-14H2,1H3. The molecule has 0 bridgehead atoms. The number of amides is 1. The van der Waals surface area contributed by atoms with Gasteiger partial charge in [0, 0.05) is 31.0 Å². The van der Waals surface area contributed by atoms with E-state index >= 15 is 0 Å². The summed E-state index contributed by atoms with van der Waals surface area (Å²) in [5, 5.41) is 10.4. The van der Waals surface area contributed by atoms with Crippen LogP contribution in [0.5, 0.6) is 0 Å². The first-order chi connectivity index (χ1) is 13.2. The van der Waals surface area contributed by atoms with Gasteiger partial charge in [0.25, 0.3) is 5.91 Å². The third kappa shape index (κ3) is 2.13. The molecule has 0 aliphatic carbocycles. The maximum absolute atomic E-state index is 13.2. The van der Waals surface area contributed by atoms with Gasteiger partial charge >= 0.3 is 0 Å². The molecule has 0 N–H and O–H groups in total. The molecule has 0 radical (unpaired) electrons. The SMILES string of the molecule is CN1c2ccccc2C(=O)N2CCc3c(n(CCC#N)c4ccccc34)C21. The largest absolute Gasteiger partial charge is 0.349 e. The molecule has 5 nitrogen and oxygen atoms in total. The van der Waals surface area contributed by atoms with Crippen molar-refractivity contribution >= 4 is 22.5 Å². The molecule has 0 saturated heterocycles. The topological polar surface area (TPSA) is 52.3 Å². The molecule has 2 aromatic carbocycles. The number of hydrogen-bond acceptors (Lipinski definition) is 3. The Labute approximate surface area is 158 Å². The molecule has 1 atom stereocenters. The predicted octanol–water partition coefficient (Wildman–Crippen LogP) is 3.70. The van der Waals surface area contributed by atoms with Crippen LogP contribution in [-0.2, 0) is 13.0 Å². The molecule has 1 aromatic heterocycles. The molecule has 1 amide bonds. The summed E-state index contributed by atoms with van der Waals surface area (Å²) in [5.41, 5.74) is 5.35. The number of nitriles is 1. The molecule has 5 heteroatoms. The van der Waals surface area contributed by atoms with Gasteiger partial charge in [-0.05, 0) is 30.2 Å². The normalized spacial score (nSPS) is 18.1. The van der Waals surface area contributed by atoms with E-state index < -0.39 is 0 Å². The van der Waals surface area contributed by atoms with Crippen molar-refractivity contribution in [1.29, 1.82) is 5.26 Å². The number of aromatic nitrogens is 1. The fourth-order valence-electron chi connectivity index (χ4n) is 4.71. The summed E-state index contributed by atoms with van der Waals surface area (Å²) >= 11 is 0.